The van der Waals surface area contributed by atoms with Crippen molar-refractivity contribution in [3.05, 3.63) is 65.7 Å². The maximum absolute atomic E-state index is 12.9. The molecule has 30 heavy (non-hydrogen) atoms. The van der Waals surface area contributed by atoms with Crippen molar-refractivity contribution >= 4 is 19.4 Å². The number of amides is 1. The van der Waals surface area contributed by atoms with Crippen LogP contribution in [0, 0.1) is 0 Å². The Balaban J connectivity index is 1.51. The topological polar surface area (TPSA) is 49.8 Å². The fraction of sp³-hybridized carbons (Fsp3) is 0.480. The van der Waals surface area contributed by atoms with E-state index in [1.54, 1.807) is 0 Å². The molecule has 2 aromatic carbocycles. The number of aliphatic hydroxyl groups is 1. The zero-order valence-electron chi connectivity index (χ0n) is 18.3. The Hall–Kier alpha value is -2.11. The SMILES string of the molecule is C[Si](C)(C)c1cccc(C2(O)CC3CCCC(C2)N3C(=O)OCc2ccccc2)c1. The highest BCUT2D eigenvalue weighted by Gasteiger charge is 2.48. The lowest BCUT2D eigenvalue weighted by Gasteiger charge is -2.51. The summed E-state index contributed by atoms with van der Waals surface area (Å²) < 4.78 is 5.65. The van der Waals surface area contributed by atoms with Gasteiger partial charge < -0.3 is 14.7 Å². The molecule has 2 aromatic rings. The van der Waals surface area contributed by atoms with E-state index < -0.39 is 13.7 Å². The molecule has 4 nitrogen and oxygen atoms in total. The van der Waals surface area contributed by atoms with Crippen LogP contribution in [-0.4, -0.2) is 36.3 Å². The van der Waals surface area contributed by atoms with Crippen molar-refractivity contribution in [2.75, 3.05) is 0 Å². The van der Waals surface area contributed by atoms with E-state index >= 15 is 0 Å². The Morgan fingerprint density at radius 3 is 2.37 bits per heavy atom. The maximum Gasteiger partial charge on any atom is 0.410 e. The molecule has 1 N–H and O–H groups in total. The second-order valence-electron chi connectivity index (χ2n) is 9.96. The van der Waals surface area contributed by atoms with Gasteiger partial charge in [0, 0.05) is 24.9 Å². The molecule has 0 saturated carbocycles. The first-order valence-electron chi connectivity index (χ1n) is 11.1. The summed E-state index contributed by atoms with van der Waals surface area (Å²) in [7, 11) is -1.46. The van der Waals surface area contributed by atoms with Gasteiger partial charge in [-0.3, -0.25) is 0 Å². The normalized spacial score (nSPS) is 26.3. The van der Waals surface area contributed by atoms with Gasteiger partial charge in [-0.25, -0.2) is 4.79 Å². The van der Waals surface area contributed by atoms with Crippen molar-refractivity contribution in [1.29, 1.82) is 0 Å². The summed E-state index contributed by atoms with van der Waals surface area (Å²) in [5.74, 6) is 0. The Morgan fingerprint density at radius 1 is 1.07 bits per heavy atom. The van der Waals surface area contributed by atoms with E-state index in [1.165, 1.54) is 5.19 Å². The molecule has 160 valence electrons. The lowest BCUT2D eigenvalue weighted by Crippen LogP contribution is -2.59. The first-order chi connectivity index (χ1) is 14.3. The van der Waals surface area contributed by atoms with Crippen LogP contribution in [0.25, 0.3) is 0 Å². The van der Waals surface area contributed by atoms with E-state index in [2.05, 4.69) is 43.9 Å². The molecule has 0 aromatic heterocycles. The van der Waals surface area contributed by atoms with Gasteiger partial charge in [0.1, 0.15) is 6.61 Å². The summed E-state index contributed by atoms with van der Waals surface area (Å²) in [5.41, 5.74) is 1.13. The number of hydrogen-bond donors (Lipinski definition) is 1. The Bertz CT molecular complexity index is 879. The summed E-state index contributed by atoms with van der Waals surface area (Å²) >= 11 is 0. The quantitative estimate of drug-likeness (QED) is 0.721. The second kappa shape index (κ2) is 8.20. The molecule has 2 heterocycles. The number of piperidine rings is 2. The van der Waals surface area contributed by atoms with Gasteiger partial charge in [-0.05, 0) is 30.4 Å². The molecular formula is C25H33NO3Si. The average Bonchev–Trinajstić information content (AvgIpc) is 2.72. The van der Waals surface area contributed by atoms with Crippen molar-refractivity contribution in [1.82, 2.24) is 4.90 Å². The third-order valence-corrected chi connectivity index (χ3v) is 8.73. The van der Waals surface area contributed by atoms with E-state index in [0.29, 0.717) is 12.8 Å². The molecule has 2 unspecified atom stereocenters. The van der Waals surface area contributed by atoms with Crippen LogP contribution < -0.4 is 5.19 Å². The molecule has 0 radical (unpaired) electrons. The lowest BCUT2D eigenvalue weighted by atomic mass is 9.73. The predicted molar refractivity (Wildman–Crippen MR) is 122 cm³/mol. The number of benzene rings is 2. The van der Waals surface area contributed by atoms with Gasteiger partial charge in [-0.15, -0.1) is 0 Å². The zero-order valence-corrected chi connectivity index (χ0v) is 19.3. The molecule has 2 saturated heterocycles. The van der Waals surface area contributed by atoms with Gasteiger partial charge in [-0.2, -0.15) is 0 Å². The number of nitrogens with zero attached hydrogens (tertiary/aromatic N) is 1. The Labute approximate surface area is 180 Å². The van der Waals surface area contributed by atoms with Gasteiger partial charge in [0.25, 0.3) is 0 Å². The van der Waals surface area contributed by atoms with Gasteiger partial charge in [0.2, 0.25) is 0 Å². The van der Waals surface area contributed by atoms with Crippen LogP contribution in [-0.2, 0) is 16.9 Å². The second-order valence-corrected chi connectivity index (χ2v) is 15.0. The van der Waals surface area contributed by atoms with Crippen molar-refractivity contribution in [2.24, 2.45) is 0 Å². The average molecular weight is 424 g/mol. The van der Waals surface area contributed by atoms with Crippen LogP contribution in [0.2, 0.25) is 19.6 Å². The third-order valence-electron chi connectivity index (χ3n) is 6.69. The van der Waals surface area contributed by atoms with Gasteiger partial charge in [0.15, 0.2) is 0 Å². The first kappa shape index (κ1) is 21.1. The Kier molecular flexibility index (Phi) is 5.77. The Morgan fingerprint density at radius 2 is 1.73 bits per heavy atom. The zero-order chi connectivity index (χ0) is 21.4. The standard InChI is InChI=1S/C25H33NO3Si/c1-30(2,3)23-14-7-11-20(15-23)25(28)16-21-12-8-13-22(17-25)26(21)24(27)29-18-19-9-5-4-6-10-19/h4-7,9-11,14-15,21-22,28H,8,12-13,16-18H2,1-3H3. The molecule has 2 fully saturated rings. The lowest BCUT2D eigenvalue weighted by molar-refractivity contribution is -0.0896. The molecule has 2 atom stereocenters. The maximum atomic E-state index is 12.9. The van der Waals surface area contributed by atoms with Crippen LogP contribution in [0.4, 0.5) is 4.79 Å². The van der Waals surface area contributed by atoms with E-state index in [0.717, 1.165) is 30.4 Å². The molecule has 5 heteroatoms. The summed E-state index contributed by atoms with van der Waals surface area (Å²) in [6, 6.07) is 18.4. The fourth-order valence-corrected chi connectivity index (χ4v) is 6.22. The predicted octanol–water partition coefficient (Wildman–Crippen LogP) is 4.77. The van der Waals surface area contributed by atoms with Crippen LogP contribution in [0.1, 0.15) is 43.2 Å². The molecular weight excluding hydrogens is 390 g/mol. The minimum atomic E-state index is -1.46. The number of hydrogen-bond acceptors (Lipinski definition) is 3. The number of rotatable bonds is 4. The van der Waals surface area contributed by atoms with Crippen LogP contribution >= 0.6 is 0 Å². The summed E-state index contributed by atoms with van der Waals surface area (Å²) in [6.45, 7) is 7.28. The van der Waals surface area contributed by atoms with Gasteiger partial charge in [0.05, 0.1) is 13.7 Å². The number of fused-ring (bicyclic) bond motifs is 2. The van der Waals surface area contributed by atoms with Crippen molar-refractivity contribution in [2.45, 2.75) is 76.0 Å². The van der Waals surface area contributed by atoms with Crippen molar-refractivity contribution in [3.8, 4) is 0 Å². The van der Waals surface area contributed by atoms with Crippen molar-refractivity contribution < 1.29 is 14.6 Å². The monoisotopic (exact) mass is 423 g/mol. The molecule has 0 spiro atoms. The highest BCUT2D eigenvalue weighted by Crippen LogP contribution is 2.44. The van der Waals surface area contributed by atoms with Gasteiger partial charge >= 0.3 is 6.09 Å². The molecule has 1 amide bonds. The molecule has 2 bridgehead atoms. The number of carbonyl (C=O) groups is 1. The summed E-state index contributed by atoms with van der Waals surface area (Å²) in [6.07, 6.45) is 3.87. The minimum absolute atomic E-state index is 0.0290. The largest absolute Gasteiger partial charge is 0.445 e. The van der Waals surface area contributed by atoms with E-state index in [4.69, 9.17) is 4.74 Å². The number of ether oxygens (including phenoxy) is 1. The van der Waals surface area contributed by atoms with Gasteiger partial charge in [-0.1, -0.05) is 79.4 Å². The number of carbonyl (C=O) groups excluding carboxylic acids is 1. The van der Waals surface area contributed by atoms with Crippen LogP contribution in [0.15, 0.2) is 54.6 Å². The molecule has 2 aliphatic rings. The minimum Gasteiger partial charge on any atom is -0.445 e. The van der Waals surface area contributed by atoms with Crippen LogP contribution in [0.3, 0.4) is 0 Å². The smallest absolute Gasteiger partial charge is 0.410 e. The summed E-state index contributed by atoms with van der Waals surface area (Å²) in [4.78, 5) is 14.9. The van der Waals surface area contributed by atoms with E-state index in [9.17, 15) is 9.90 Å². The highest BCUT2D eigenvalue weighted by atomic mass is 28.3. The molecule has 0 aliphatic carbocycles. The van der Waals surface area contributed by atoms with E-state index in [1.807, 2.05) is 35.2 Å². The highest BCUT2D eigenvalue weighted by molar-refractivity contribution is 6.88. The molecule has 4 rings (SSSR count). The van der Waals surface area contributed by atoms with Crippen molar-refractivity contribution in [3.63, 3.8) is 0 Å². The van der Waals surface area contributed by atoms with Crippen LogP contribution in [0.5, 0.6) is 0 Å². The van der Waals surface area contributed by atoms with E-state index in [-0.39, 0.29) is 24.8 Å². The fourth-order valence-electron chi connectivity index (χ4n) is 5.03. The summed E-state index contributed by atoms with van der Waals surface area (Å²) in [5, 5.41) is 13.0. The molecule has 2 aliphatic heterocycles. The first-order valence-corrected chi connectivity index (χ1v) is 14.6. The third kappa shape index (κ3) is 4.32.